The Hall–Kier alpha value is -2.90. The molecule has 1 aromatic carbocycles. The molecule has 0 bridgehead atoms. The summed E-state index contributed by atoms with van der Waals surface area (Å²) in [5.74, 6) is -1.21. The molecule has 1 saturated carbocycles. The van der Waals surface area contributed by atoms with E-state index in [2.05, 4.69) is 10.7 Å². The van der Waals surface area contributed by atoms with E-state index in [-0.39, 0.29) is 17.7 Å². The minimum atomic E-state index is -0.868. The van der Waals surface area contributed by atoms with Gasteiger partial charge in [0.1, 0.15) is 5.54 Å². The molecule has 2 N–H and O–H groups in total. The highest BCUT2D eigenvalue weighted by atomic mass is 16.2. The summed E-state index contributed by atoms with van der Waals surface area (Å²) in [5, 5.41) is 3.64. The lowest BCUT2D eigenvalue weighted by Gasteiger charge is -2.33. The van der Waals surface area contributed by atoms with Crippen LogP contribution in [0.2, 0.25) is 0 Å². The number of hydrogen-bond acceptors (Lipinski definition) is 4. The van der Waals surface area contributed by atoms with Crippen LogP contribution in [0.15, 0.2) is 30.3 Å². The van der Waals surface area contributed by atoms with Gasteiger partial charge in [0, 0.05) is 13.1 Å². The largest absolute Gasteiger partial charge is 0.344 e. The van der Waals surface area contributed by atoms with Gasteiger partial charge >= 0.3 is 6.03 Å². The molecular formula is C22H28N4O4. The Bertz CT molecular complexity index is 835. The predicted octanol–water partition coefficient (Wildman–Crippen LogP) is 1.75. The zero-order valence-corrected chi connectivity index (χ0v) is 17.1. The third kappa shape index (κ3) is 4.04. The predicted molar refractivity (Wildman–Crippen MR) is 109 cm³/mol. The summed E-state index contributed by atoms with van der Waals surface area (Å²) >= 11 is 0. The molecule has 1 atom stereocenters. The van der Waals surface area contributed by atoms with Gasteiger partial charge in [-0.1, -0.05) is 49.6 Å². The Morgan fingerprint density at radius 1 is 1.07 bits per heavy atom. The second-order valence-corrected chi connectivity index (χ2v) is 8.53. The molecular weight excluding hydrogens is 384 g/mol. The minimum Gasteiger partial charge on any atom is -0.342 e. The summed E-state index contributed by atoms with van der Waals surface area (Å²) in [4.78, 5) is 52.4. The molecule has 1 spiro atoms. The first kappa shape index (κ1) is 20.4. The van der Waals surface area contributed by atoms with Gasteiger partial charge in [-0.2, -0.15) is 5.01 Å². The Kier molecular flexibility index (Phi) is 5.74. The average Bonchev–Trinajstić information content (AvgIpc) is 2.98. The number of nitrogens with one attached hydrogen (secondary N) is 2. The summed E-state index contributed by atoms with van der Waals surface area (Å²) in [7, 11) is 0. The van der Waals surface area contributed by atoms with E-state index in [4.69, 9.17) is 0 Å². The van der Waals surface area contributed by atoms with Gasteiger partial charge in [0.2, 0.25) is 11.8 Å². The van der Waals surface area contributed by atoms with Crippen molar-refractivity contribution in [3.8, 4) is 0 Å². The van der Waals surface area contributed by atoms with Crippen molar-refractivity contribution in [2.75, 3.05) is 13.1 Å². The number of hydrogen-bond donors (Lipinski definition) is 2. The van der Waals surface area contributed by atoms with Crippen LogP contribution in [0.4, 0.5) is 4.79 Å². The lowest BCUT2D eigenvalue weighted by atomic mass is 9.82. The van der Waals surface area contributed by atoms with Gasteiger partial charge in [-0.3, -0.25) is 19.8 Å². The van der Waals surface area contributed by atoms with Crippen LogP contribution in [-0.4, -0.2) is 52.3 Å². The van der Waals surface area contributed by atoms with E-state index in [9.17, 15) is 19.2 Å². The summed E-state index contributed by atoms with van der Waals surface area (Å²) in [6.45, 7) is 0.911. The van der Waals surface area contributed by atoms with Crippen molar-refractivity contribution in [2.24, 2.45) is 5.92 Å². The number of likely N-dealkylation sites (tertiary alicyclic amines) is 1. The van der Waals surface area contributed by atoms with Gasteiger partial charge in [-0.25, -0.2) is 4.79 Å². The maximum atomic E-state index is 12.9. The van der Waals surface area contributed by atoms with Crippen molar-refractivity contribution in [1.29, 1.82) is 0 Å². The monoisotopic (exact) mass is 412 g/mol. The van der Waals surface area contributed by atoms with Crippen LogP contribution in [0.5, 0.6) is 0 Å². The fourth-order valence-electron chi connectivity index (χ4n) is 4.72. The number of piperidine rings is 1. The third-order valence-corrected chi connectivity index (χ3v) is 6.43. The Balaban J connectivity index is 1.36. The number of imide groups is 1. The number of rotatable bonds is 4. The topological polar surface area (TPSA) is 98.8 Å². The second-order valence-electron chi connectivity index (χ2n) is 8.53. The summed E-state index contributed by atoms with van der Waals surface area (Å²) in [6.07, 6.45) is 5.66. The van der Waals surface area contributed by atoms with E-state index >= 15 is 0 Å². The van der Waals surface area contributed by atoms with Crippen LogP contribution in [-0.2, 0) is 20.8 Å². The van der Waals surface area contributed by atoms with Crippen molar-refractivity contribution in [3.63, 3.8) is 0 Å². The molecule has 2 heterocycles. The second kappa shape index (κ2) is 8.45. The fraction of sp³-hybridized carbons (Fsp3) is 0.545. The molecule has 4 rings (SSSR count). The van der Waals surface area contributed by atoms with E-state index in [1.54, 1.807) is 4.90 Å². The van der Waals surface area contributed by atoms with E-state index in [1.165, 1.54) is 0 Å². The van der Waals surface area contributed by atoms with Crippen molar-refractivity contribution in [3.05, 3.63) is 35.9 Å². The molecule has 0 aromatic heterocycles. The maximum Gasteiger partial charge on any atom is 0.344 e. The molecule has 0 unspecified atom stereocenters. The molecule has 1 aromatic rings. The minimum absolute atomic E-state index is 0.0187. The molecule has 160 valence electrons. The van der Waals surface area contributed by atoms with Gasteiger partial charge in [-0.05, 0) is 31.2 Å². The molecule has 3 fully saturated rings. The summed E-state index contributed by atoms with van der Waals surface area (Å²) in [6, 6.07) is 8.94. The fourth-order valence-corrected chi connectivity index (χ4v) is 4.72. The highest BCUT2D eigenvalue weighted by molar-refractivity contribution is 6.08. The first-order valence-corrected chi connectivity index (χ1v) is 10.8. The van der Waals surface area contributed by atoms with Gasteiger partial charge < -0.3 is 10.2 Å². The smallest absolute Gasteiger partial charge is 0.342 e. The van der Waals surface area contributed by atoms with E-state index in [1.807, 2.05) is 30.3 Å². The molecule has 2 aliphatic heterocycles. The highest BCUT2D eigenvalue weighted by Crippen LogP contribution is 2.33. The number of hydrazine groups is 1. The summed E-state index contributed by atoms with van der Waals surface area (Å²) in [5.41, 5.74) is 2.59. The zero-order valence-electron chi connectivity index (χ0n) is 17.1. The third-order valence-electron chi connectivity index (χ3n) is 6.43. The summed E-state index contributed by atoms with van der Waals surface area (Å²) < 4.78 is 0. The van der Waals surface area contributed by atoms with Gasteiger partial charge in [0.25, 0.3) is 5.91 Å². The van der Waals surface area contributed by atoms with Gasteiger partial charge in [0.15, 0.2) is 0 Å². The Morgan fingerprint density at radius 3 is 2.53 bits per heavy atom. The van der Waals surface area contributed by atoms with Gasteiger partial charge in [-0.15, -0.1) is 0 Å². The average molecular weight is 412 g/mol. The molecule has 1 aliphatic carbocycles. The molecule has 2 saturated heterocycles. The first-order chi connectivity index (χ1) is 14.5. The molecule has 8 heteroatoms. The number of benzene rings is 1. The SMILES string of the molecule is O=C(NN1C(=O)NC2(CCCCC2)C1=O)[C@@H]1CCCN(C(=O)Cc2ccccc2)C1. The quantitative estimate of drug-likeness (QED) is 0.736. The van der Waals surface area contributed by atoms with Crippen LogP contribution in [0.25, 0.3) is 0 Å². The van der Waals surface area contributed by atoms with Crippen LogP contribution in [0.3, 0.4) is 0 Å². The maximum absolute atomic E-state index is 12.9. The van der Waals surface area contributed by atoms with Crippen molar-refractivity contribution in [1.82, 2.24) is 20.7 Å². The number of amides is 5. The van der Waals surface area contributed by atoms with E-state index < -0.39 is 17.5 Å². The normalized spacial score (nSPS) is 23.4. The van der Waals surface area contributed by atoms with Gasteiger partial charge in [0.05, 0.1) is 12.3 Å². The van der Waals surface area contributed by atoms with Crippen LogP contribution >= 0.6 is 0 Å². The Morgan fingerprint density at radius 2 is 1.80 bits per heavy atom. The lowest BCUT2D eigenvalue weighted by Crippen LogP contribution is -2.54. The first-order valence-electron chi connectivity index (χ1n) is 10.8. The lowest BCUT2D eigenvalue weighted by molar-refractivity contribution is -0.143. The number of carbonyl (C=O) groups excluding carboxylic acids is 4. The standard InChI is InChI=1S/C22H28N4O4/c27-18(14-16-8-3-1-4-9-16)25-13-7-10-17(15-25)19(28)24-26-20(29)22(23-21(26)30)11-5-2-6-12-22/h1,3-4,8-9,17H,2,5-7,10-15H2,(H,23,30)(H,24,28)/t17-/m1/s1. The number of nitrogens with zero attached hydrogens (tertiary/aromatic N) is 2. The van der Waals surface area contributed by atoms with Crippen molar-refractivity contribution < 1.29 is 19.2 Å². The van der Waals surface area contributed by atoms with Crippen LogP contribution in [0, 0.1) is 5.92 Å². The Labute approximate surface area is 175 Å². The van der Waals surface area contributed by atoms with Crippen LogP contribution < -0.4 is 10.7 Å². The van der Waals surface area contributed by atoms with Crippen LogP contribution in [0.1, 0.15) is 50.5 Å². The highest BCUT2D eigenvalue weighted by Gasteiger charge is 2.52. The molecule has 30 heavy (non-hydrogen) atoms. The number of urea groups is 1. The zero-order chi connectivity index (χ0) is 21.1. The molecule has 0 radical (unpaired) electrons. The number of carbonyl (C=O) groups is 4. The van der Waals surface area contributed by atoms with E-state index in [0.29, 0.717) is 45.2 Å². The molecule has 3 aliphatic rings. The van der Waals surface area contributed by atoms with Crippen molar-refractivity contribution >= 4 is 23.8 Å². The molecule has 8 nitrogen and oxygen atoms in total. The molecule has 5 amide bonds. The van der Waals surface area contributed by atoms with E-state index in [0.717, 1.165) is 29.8 Å². The van der Waals surface area contributed by atoms with Crippen molar-refractivity contribution in [2.45, 2.75) is 56.9 Å².